The summed E-state index contributed by atoms with van der Waals surface area (Å²) in [6.07, 6.45) is 2.37. The SMILES string of the molecule is Clc1cccc(-c2[nH]c3nc4ccccc4nc3[n+]2C[C@H]2CCCO2)c1. The van der Waals surface area contributed by atoms with Crippen molar-refractivity contribution in [3.63, 3.8) is 0 Å². The van der Waals surface area contributed by atoms with Gasteiger partial charge in [0.1, 0.15) is 5.52 Å². The number of imidazole rings is 1. The molecule has 0 saturated carbocycles. The molecule has 2 aromatic heterocycles. The molecule has 5 nitrogen and oxygen atoms in total. The molecule has 0 spiro atoms. The number of aromatic amines is 1. The fourth-order valence-electron chi connectivity index (χ4n) is 3.58. The van der Waals surface area contributed by atoms with Gasteiger partial charge in [-0.25, -0.2) is 9.55 Å². The van der Waals surface area contributed by atoms with Crippen molar-refractivity contribution in [1.82, 2.24) is 15.0 Å². The largest absolute Gasteiger partial charge is 0.375 e. The number of fused-ring (bicyclic) bond motifs is 2. The summed E-state index contributed by atoms with van der Waals surface area (Å²) in [6.45, 7) is 1.57. The lowest BCUT2D eigenvalue weighted by Crippen LogP contribution is -2.41. The molecule has 4 aromatic rings. The number of aromatic nitrogens is 4. The Morgan fingerprint density at radius 2 is 1.96 bits per heavy atom. The highest BCUT2D eigenvalue weighted by Gasteiger charge is 2.27. The topological polar surface area (TPSA) is 54.7 Å². The Hall–Kier alpha value is -2.50. The molecule has 5 rings (SSSR count). The lowest BCUT2D eigenvalue weighted by molar-refractivity contribution is -0.669. The summed E-state index contributed by atoms with van der Waals surface area (Å²) in [5.74, 6) is 0.952. The molecule has 0 bridgehead atoms. The number of hydrogen-bond acceptors (Lipinski definition) is 3. The summed E-state index contributed by atoms with van der Waals surface area (Å²) < 4.78 is 8.05. The van der Waals surface area contributed by atoms with E-state index in [0.29, 0.717) is 5.02 Å². The van der Waals surface area contributed by atoms with Crippen LogP contribution in [0.2, 0.25) is 5.02 Å². The maximum atomic E-state index is 6.22. The first-order valence-corrected chi connectivity index (χ1v) is 9.21. The van der Waals surface area contributed by atoms with Crippen LogP contribution in [0.4, 0.5) is 0 Å². The summed E-state index contributed by atoms with van der Waals surface area (Å²) in [5, 5.41) is 0.705. The first kappa shape index (κ1) is 15.7. The van der Waals surface area contributed by atoms with Gasteiger partial charge in [0.2, 0.25) is 5.82 Å². The molecule has 1 N–H and O–H groups in total. The molecular weight excluding hydrogens is 348 g/mol. The fraction of sp³-hybridized carbons (Fsp3) is 0.250. The van der Waals surface area contributed by atoms with Gasteiger partial charge in [-0.2, -0.15) is 0 Å². The minimum absolute atomic E-state index is 0.199. The Balaban J connectivity index is 1.74. The molecule has 0 radical (unpaired) electrons. The van der Waals surface area contributed by atoms with Crippen molar-refractivity contribution in [2.75, 3.05) is 6.61 Å². The third kappa shape index (κ3) is 2.73. The molecule has 130 valence electrons. The van der Waals surface area contributed by atoms with Crippen molar-refractivity contribution in [1.29, 1.82) is 0 Å². The van der Waals surface area contributed by atoms with Gasteiger partial charge in [-0.05, 0) is 43.2 Å². The molecule has 0 aliphatic carbocycles. The van der Waals surface area contributed by atoms with Crippen LogP contribution in [0.25, 0.3) is 33.7 Å². The van der Waals surface area contributed by atoms with Crippen LogP contribution < -0.4 is 4.57 Å². The molecule has 3 heterocycles. The van der Waals surface area contributed by atoms with Crippen LogP contribution in [0.3, 0.4) is 0 Å². The van der Waals surface area contributed by atoms with Gasteiger partial charge in [0, 0.05) is 17.2 Å². The zero-order chi connectivity index (χ0) is 17.5. The standard InChI is InChI=1S/C20H17ClN4O/c21-14-6-3-5-13(11-14)19-24-18-20(25(19)12-15-7-4-10-26-15)23-17-9-2-1-8-16(17)22-18/h1-3,5-6,8-9,11,15H,4,7,10,12H2/p+1/t15-/m1/s1. The maximum absolute atomic E-state index is 6.22. The van der Waals surface area contributed by atoms with E-state index in [9.17, 15) is 0 Å². The number of H-pyrrole nitrogens is 1. The van der Waals surface area contributed by atoms with Gasteiger partial charge in [-0.3, -0.25) is 4.98 Å². The highest BCUT2D eigenvalue weighted by Crippen LogP contribution is 2.23. The van der Waals surface area contributed by atoms with Gasteiger partial charge >= 0.3 is 5.65 Å². The first-order chi connectivity index (χ1) is 12.8. The number of hydrogen-bond donors (Lipinski definition) is 1. The second kappa shape index (κ2) is 6.34. The molecule has 1 atom stereocenters. The number of ether oxygens (including phenoxy) is 1. The Morgan fingerprint density at radius 1 is 1.12 bits per heavy atom. The number of nitrogens with zero attached hydrogens (tertiary/aromatic N) is 3. The second-order valence-electron chi connectivity index (χ2n) is 6.61. The lowest BCUT2D eigenvalue weighted by atomic mass is 10.2. The summed E-state index contributed by atoms with van der Waals surface area (Å²) in [5.41, 5.74) is 4.39. The molecule has 1 saturated heterocycles. The first-order valence-electron chi connectivity index (χ1n) is 8.84. The van der Waals surface area contributed by atoms with Crippen LogP contribution >= 0.6 is 11.6 Å². The third-order valence-corrected chi connectivity index (χ3v) is 5.06. The average molecular weight is 366 g/mol. The number of halogens is 1. The van der Waals surface area contributed by atoms with Crippen LogP contribution in [0, 0.1) is 0 Å². The Labute approximate surface area is 155 Å². The van der Waals surface area contributed by atoms with Crippen LogP contribution in [0.1, 0.15) is 12.8 Å². The normalized spacial score (nSPS) is 17.3. The minimum atomic E-state index is 0.199. The van der Waals surface area contributed by atoms with Crippen LogP contribution in [-0.2, 0) is 11.3 Å². The zero-order valence-electron chi connectivity index (χ0n) is 14.2. The predicted molar refractivity (Wildman–Crippen MR) is 101 cm³/mol. The van der Waals surface area contributed by atoms with Crippen LogP contribution in [-0.4, -0.2) is 27.7 Å². The van der Waals surface area contributed by atoms with Gasteiger partial charge in [0.15, 0.2) is 5.52 Å². The Bertz CT molecular complexity index is 1100. The number of rotatable bonds is 3. The van der Waals surface area contributed by atoms with Gasteiger partial charge < -0.3 is 4.74 Å². The molecule has 1 fully saturated rings. The highest BCUT2D eigenvalue weighted by molar-refractivity contribution is 6.30. The maximum Gasteiger partial charge on any atom is 0.323 e. The van der Waals surface area contributed by atoms with E-state index in [1.54, 1.807) is 0 Å². The molecule has 6 heteroatoms. The zero-order valence-corrected chi connectivity index (χ0v) is 14.9. The highest BCUT2D eigenvalue weighted by atomic mass is 35.5. The minimum Gasteiger partial charge on any atom is -0.375 e. The quantitative estimate of drug-likeness (QED) is 0.560. The smallest absolute Gasteiger partial charge is 0.323 e. The molecule has 1 aliphatic rings. The van der Waals surface area contributed by atoms with E-state index in [0.717, 1.165) is 59.7 Å². The summed E-state index contributed by atoms with van der Waals surface area (Å²) in [6, 6.07) is 15.8. The summed E-state index contributed by atoms with van der Waals surface area (Å²) in [4.78, 5) is 13.1. The van der Waals surface area contributed by atoms with Crippen molar-refractivity contribution in [3.8, 4) is 11.4 Å². The molecule has 1 aliphatic heterocycles. The summed E-state index contributed by atoms with van der Waals surface area (Å²) in [7, 11) is 0. The van der Waals surface area contributed by atoms with E-state index < -0.39 is 0 Å². The van der Waals surface area contributed by atoms with Crippen molar-refractivity contribution < 1.29 is 9.30 Å². The predicted octanol–water partition coefficient (Wildman–Crippen LogP) is 3.90. The molecule has 0 unspecified atom stereocenters. The number of nitrogens with one attached hydrogen (secondary N) is 1. The van der Waals surface area contributed by atoms with E-state index in [4.69, 9.17) is 26.3 Å². The molecule has 26 heavy (non-hydrogen) atoms. The van der Waals surface area contributed by atoms with Gasteiger partial charge in [-0.15, -0.1) is 0 Å². The molecule has 0 amide bonds. The molecule has 2 aromatic carbocycles. The average Bonchev–Trinajstić information content (AvgIpc) is 3.28. The van der Waals surface area contributed by atoms with E-state index in [-0.39, 0.29) is 6.10 Å². The van der Waals surface area contributed by atoms with E-state index in [1.165, 1.54) is 0 Å². The van der Waals surface area contributed by atoms with Gasteiger partial charge in [-0.1, -0.05) is 34.8 Å². The Kier molecular flexibility index (Phi) is 3.84. The van der Waals surface area contributed by atoms with E-state index in [1.807, 2.05) is 48.5 Å². The van der Waals surface area contributed by atoms with Crippen LogP contribution in [0.15, 0.2) is 48.5 Å². The van der Waals surface area contributed by atoms with Gasteiger partial charge in [0.25, 0.3) is 5.65 Å². The number of benzene rings is 2. The monoisotopic (exact) mass is 365 g/mol. The van der Waals surface area contributed by atoms with Crippen LogP contribution in [0.5, 0.6) is 0 Å². The van der Waals surface area contributed by atoms with Crippen molar-refractivity contribution in [2.24, 2.45) is 0 Å². The fourth-order valence-corrected chi connectivity index (χ4v) is 3.77. The lowest BCUT2D eigenvalue weighted by Gasteiger charge is -2.09. The van der Waals surface area contributed by atoms with Crippen molar-refractivity contribution >= 4 is 33.9 Å². The second-order valence-corrected chi connectivity index (χ2v) is 7.05. The number of para-hydroxylation sites is 2. The van der Waals surface area contributed by atoms with Crippen molar-refractivity contribution in [3.05, 3.63) is 53.6 Å². The summed E-state index contributed by atoms with van der Waals surface area (Å²) >= 11 is 6.22. The van der Waals surface area contributed by atoms with Crippen molar-refractivity contribution in [2.45, 2.75) is 25.5 Å². The Morgan fingerprint density at radius 3 is 2.73 bits per heavy atom. The third-order valence-electron chi connectivity index (χ3n) is 4.82. The van der Waals surface area contributed by atoms with Gasteiger partial charge in [0.05, 0.1) is 12.6 Å². The van der Waals surface area contributed by atoms with E-state index in [2.05, 4.69) is 9.55 Å². The molecular formula is C20H18ClN4O+. The van der Waals surface area contributed by atoms with E-state index >= 15 is 0 Å².